The van der Waals surface area contributed by atoms with Crippen LogP contribution in [0, 0.1) is 17.0 Å². The van der Waals surface area contributed by atoms with Crippen LogP contribution >= 0.6 is 0 Å². The summed E-state index contributed by atoms with van der Waals surface area (Å²) in [6, 6.07) is 8.53. The summed E-state index contributed by atoms with van der Waals surface area (Å²) in [7, 11) is 1.64. The second-order valence-electron chi connectivity index (χ2n) is 5.65. The fourth-order valence-electron chi connectivity index (χ4n) is 2.31. The SMILES string of the molecule is CNc1ccc(CNCC(C)(O)c2ccc(C)o2)cc1[N+](=O)[O-]. The quantitative estimate of drug-likeness (QED) is 0.535. The van der Waals surface area contributed by atoms with E-state index in [1.54, 1.807) is 38.2 Å². The summed E-state index contributed by atoms with van der Waals surface area (Å²) in [5.41, 5.74) is 0.115. The van der Waals surface area contributed by atoms with Crippen LogP contribution in [0.15, 0.2) is 34.7 Å². The highest BCUT2D eigenvalue weighted by Crippen LogP contribution is 2.25. The van der Waals surface area contributed by atoms with Crippen molar-refractivity contribution >= 4 is 11.4 Å². The molecule has 0 aliphatic carbocycles. The topological polar surface area (TPSA) is 101 Å². The zero-order valence-electron chi connectivity index (χ0n) is 13.4. The molecule has 23 heavy (non-hydrogen) atoms. The summed E-state index contributed by atoms with van der Waals surface area (Å²) in [6.07, 6.45) is 0. The molecule has 1 unspecified atom stereocenters. The molecule has 1 aromatic heterocycles. The zero-order chi connectivity index (χ0) is 17.0. The van der Waals surface area contributed by atoms with E-state index in [0.29, 0.717) is 18.0 Å². The van der Waals surface area contributed by atoms with Crippen LogP contribution in [0.3, 0.4) is 0 Å². The van der Waals surface area contributed by atoms with Crippen molar-refractivity contribution in [2.75, 3.05) is 18.9 Å². The molecule has 124 valence electrons. The van der Waals surface area contributed by atoms with Crippen molar-refractivity contribution in [2.45, 2.75) is 26.0 Å². The molecule has 0 amide bonds. The maximum Gasteiger partial charge on any atom is 0.292 e. The number of rotatable bonds is 7. The number of benzene rings is 1. The number of nitro groups is 1. The number of aliphatic hydroxyl groups is 1. The van der Waals surface area contributed by atoms with E-state index in [2.05, 4.69) is 10.6 Å². The third-order valence-corrected chi connectivity index (χ3v) is 3.60. The molecule has 3 N–H and O–H groups in total. The van der Waals surface area contributed by atoms with Crippen LogP contribution in [0.5, 0.6) is 0 Å². The first-order valence-corrected chi connectivity index (χ1v) is 7.28. The van der Waals surface area contributed by atoms with E-state index in [-0.39, 0.29) is 12.2 Å². The second kappa shape index (κ2) is 6.80. The van der Waals surface area contributed by atoms with Crippen molar-refractivity contribution in [2.24, 2.45) is 0 Å². The average Bonchev–Trinajstić information content (AvgIpc) is 2.94. The van der Waals surface area contributed by atoms with E-state index in [0.717, 1.165) is 11.3 Å². The molecule has 0 saturated heterocycles. The molecule has 1 heterocycles. The molecule has 7 nitrogen and oxygen atoms in total. The number of hydrogen-bond donors (Lipinski definition) is 3. The molecule has 1 atom stereocenters. The molecule has 0 aliphatic rings. The highest BCUT2D eigenvalue weighted by atomic mass is 16.6. The normalized spacial score (nSPS) is 13.6. The maximum atomic E-state index is 11.0. The van der Waals surface area contributed by atoms with Crippen LogP contribution in [0.25, 0.3) is 0 Å². The van der Waals surface area contributed by atoms with E-state index in [1.807, 2.05) is 6.92 Å². The zero-order valence-corrected chi connectivity index (χ0v) is 13.4. The van der Waals surface area contributed by atoms with E-state index in [1.165, 1.54) is 6.07 Å². The van der Waals surface area contributed by atoms with Gasteiger partial charge in [0.25, 0.3) is 5.69 Å². The molecule has 0 bridgehead atoms. The number of hydrogen-bond acceptors (Lipinski definition) is 6. The minimum atomic E-state index is -1.15. The first-order chi connectivity index (χ1) is 10.8. The lowest BCUT2D eigenvalue weighted by Crippen LogP contribution is -2.34. The van der Waals surface area contributed by atoms with Crippen LogP contribution in [-0.2, 0) is 12.1 Å². The number of aryl methyl sites for hydroxylation is 1. The molecule has 0 aliphatic heterocycles. The Morgan fingerprint density at radius 1 is 1.35 bits per heavy atom. The molecular formula is C16H21N3O4. The van der Waals surface area contributed by atoms with Crippen LogP contribution in [0.2, 0.25) is 0 Å². The lowest BCUT2D eigenvalue weighted by atomic mass is 10.0. The third-order valence-electron chi connectivity index (χ3n) is 3.60. The van der Waals surface area contributed by atoms with Gasteiger partial charge < -0.3 is 20.2 Å². The van der Waals surface area contributed by atoms with Gasteiger partial charge in [0.15, 0.2) is 0 Å². The Hall–Kier alpha value is -2.38. The van der Waals surface area contributed by atoms with Gasteiger partial charge in [-0.25, -0.2) is 0 Å². The Labute approximate surface area is 134 Å². The Balaban J connectivity index is 2.01. The van der Waals surface area contributed by atoms with Gasteiger partial charge in [-0.2, -0.15) is 0 Å². The minimum absolute atomic E-state index is 0.0280. The number of nitrogens with one attached hydrogen (secondary N) is 2. The summed E-state index contributed by atoms with van der Waals surface area (Å²) >= 11 is 0. The summed E-state index contributed by atoms with van der Waals surface area (Å²) in [5.74, 6) is 1.22. The van der Waals surface area contributed by atoms with Gasteiger partial charge in [0.1, 0.15) is 22.8 Å². The van der Waals surface area contributed by atoms with Gasteiger partial charge in [-0.15, -0.1) is 0 Å². The first kappa shape index (κ1) is 17.0. The Kier molecular flexibility index (Phi) is 5.02. The molecule has 0 radical (unpaired) electrons. The first-order valence-electron chi connectivity index (χ1n) is 7.28. The second-order valence-corrected chi connectivity index (χ2v) is 5.65. The summed E-state index contributed by atoms with van der Waals surface area (Å²) in [4.78, 5) is 10.6. The average molecular weight is 319 g/mol. The van der Waals surface area contributed by atoms with Crippen molar-refractivity contribution in [1.29, 1.82) is 0 Å². The fraction of sp³-hybridized carbons (Fsp3) is 0.375. The summed E-state index contributed by atoms with van der Waals surface area (Å²) < 4.78 is 5.44. The minimum Gasteiger partial charge on any atom is -0.463 e. The summed E-state index contributed by atoms with van der Waals surface area (Å²) in [5, 5.41) is 27.4. The predicted molar refractivity (Wildman–Crippen MR) is 87.4 cm³/mol. The molecule has 7 heteroatoms. The van der Waals surface area contributed by atoms with Gasteiger partial charge in [0, 0.05) is 26.2 Å². The molecular weight excluding hydrogens is 298 g/mol. The van der Waals surface area contributed by atoms with E-state index in [9.17, 15) is 15.2 Å². The predicted octanol–water partition coefficient (Wildman–Crippen LogP) is 2.54. The fourth-order valence-corrected chi connectivity index (χ4v) is 2.31. The van der Waals surface area contributed by atoms with Crippen molar-refractivity contribution in [3.05, 3.63) is 57.5 Å². The van der Waals surface area contributed by atoms with Gasteiger partial charge >= 0.3 is 0 Å². The smallest absolute Gasteiger partial charge is 0.292 e. The van der Waals surface area contributed by atoms with E-state index in [4.69, 9.17) is 4.42 Å². The van der Waals surface area contributed by atoms with Crippen LogP contribution in [-0.4, -0.2) is 23.6 Å². The van der Waals surface area contributed by atoms with Crippen molar-refractivity contribution in [3.8, 4) is 0 Å². The monoisotopic (exact) mass is 319 g/mol. The van der Waals surface area contributed by atoms with Crippen molar-refractivity contribution < 1.29 is 14.4 Å². The number of anilines is 1. The largest absolute Gasteiger partial charge is 0.463 e. The number of nitrogens with zero attached hydrogens (tertiary/aromatic N) is 1. The Morgan fingerprint density at radius 3 is 2.65 bits per heavy atom. The standard InChI is InChI=1S/C16H21N3O4/c1-11-4-7-15(23-11)16(2,20)10-18-9-12-5-6-13(17-3)14(8-12)19(21)22/h4-8,17-18,20H,9-10H2,1-3H3. The lowest BCUT2D eigenvalue weighted by molar-refractivity contribution is -0.384. The van der Waals surface area contributed by atoms with Gasteiger partial charge in [-0.3, -0.25) is 10.1 Å². The van der Waals surface area contributed by atoms with Crippen molar-refractivity contribution in [3.63, 3.8) is 0 Å². The van der Waals surface area contributed by atoms with Crippen molar-refractivity contribution in [1.82, 2.24) is 5.32 Å². The van der Waals surface area contributed by atoms with E-state index >= 15 is 0 Å². The van der Waals surface area contributed by atoms with Gasteiger partial charge in [-0.05, 0) is 37.6 Å². The lowest BCUT2D eigenvalue weighted by Gasteiger charge is -2.21. The van der Waals surface area contributed by atoms with Crippen LogP contribution in [0.1, 0.15) is 24.0 Å². The van der Waals surface area contributed by atoms with Gasteiger partial charge in [0.2, 0.25) is 0 Å². The van der Waals surface area contributed by atoms with Crippen LogP contribution < -0.4 is 10.6 Å². The highest BCUT2D eigenvalue weighted by molar-refractivity contribution is 5.62. The maximum absolute atomic E-state index is 11.0. The third kappa shape index (κ3) is 4.08. The number of furan rings is 1. The van der Waals surface area contributed by atoms with Gasteiger partial charge in [-0.1, -0.05) is 6.07 Å². The number of nitro benzene ring substituents is 1. The Bertz CT molecular complexity index is 694. The molecule has 1 aromatic carbocycles. The van der Waals surface area contributed by atoms with Gasteiger partial charge in [0.05, 0.1) is 4.92 Å². The van der Waals surface area contributed by atoms with E-state index < -0.39 is 10.5 Å². The molecule has 2 aromatic rings. The Morgan fingerprint density at radius 2 is 2.09 bits per heavy atom. The molecule has 0 spiro atoms. The molecule has 0 fully saturated rings. The summed E-state index contributed by atoms with van der Waals surface area (Å²) in [6.45, 7) is 4.14. The molecule has 0 saturated carbocycles. The highest BCUT2D eigenvalue weighted by Gasteiger charge is 2.26. The van der Waals surface area contributed by atoms with Crippen LogP contribution in [0.4, 0.5) is 11.4 Å². The molecule has 2 rings (SSSR count).